The van der Waals surface area contributed by atoms with Crippen LogP contribution < -0.4 is 15.0 Å². The molecule has 1 aromatic heterocycles. The van der Waals surface area contributed by atoms with Gasteiger partial charge < -0.3 is 14.8 Å². The van der Waals surface area contributed by atoms with Crippen LogP contribution in [0.25, 0.3) is 20.2 Å². The number of benzene rings is 3. The molecule has 6 rings (SSSR count). The van der Waals surface area contributed by atoms with Gasteiger partial charge in [0.1, 0.15) is 12.4 Å². The van der Waals surface area contributed by atoms with E-state index >= 15 is 0 Å². The minimum absolute atomic E-state index is 0.0252. The summed E-state index contributed by atoms with van der Waals surface area (Å²) >= 11 is 1.76. The molecule has 0 saturated carbocycles. The molecule has 36 heavy (non-hydrogen) atoms. The van der Waals surface area contributed by atoms with Crippen molar-refractivity contribution in [2.24, 2.45) is 0 Å². The molecular formula is C28H27N3O4S. The van der Waals surface area contributed by atoms with Crippen LogP contribution in [-0.4, -0.2) is 49.7 Å². The van der Waals surface area contributed by atoms with E-state index in [4.69, 9.17) is 9.47 Å². The van der Waals surface area contributed by atoms with Gasteiger partial charge in [-0.3, -0.25) is 14.6 Å². The molecule has 2 aliphatic rings. The molecule has 0 aliphatic carbocycles. The Morgan fingerprint density at radius 2 is 1.86 bits per heavy atom. The number of piperidine rings is 1. The maximum atomic E-state index is 12.8. The summed E-state index contributed by atoms with van der Waals surface area (Å²) in [6.45, 7) is 2.01. The Balaban J connectivity index is 1.09. The van der Waals surface area contributed by atoms with Crippen molar-refractivity contribution in [1.29, 1.82) is 0 Å². The normalized spacial score (nSPS) is 16.7. The molecule has 3 heterocycles. The fourth-order valence-corrected chi connectivity index (χ4v) is 6.39. The summed E-state index contributed by atoms with van der Waals surface area (Å²) in [4.78, 5) is 29.4. The molecule has 2 amide bonds. The van der Waals surface area contributed by atoms with E-state index in [2.05, 4.69) is 34.5 Å². The fourth-order valence-electron chi connectivity index (χ4n) is 5.31. The first kappa shape index (κ1) is 22.8. The first-order valence-electron chi connectivity index (χ1n) is 12.2. The second kappa shape index (κ2) is 9.44. The highest BCUT2D eigenvalue weighted by Gasteiger charge is 2.35. The lowest BCUT2D eigenvalue weighted by molar-refractivity contribution is -0.117. The van der Waals surface area contributed by atoms with Gasteiger partial charge in [-0.15, -0.1) is 11.3 Å². The Hall–Kier alpha value is -3.62. The summed E-state index contributed by atoms with van der Waals surface area (Å²) in [5.74, 6) is 0.701. The van der Waals surface area contributed by atoms with Crippen molar-refractivity contribution >= 4 is 54.9 Å². The lowest BCUT2D eigenvalue weighted by Gasteiger charge is -2.40. The molecule has 4 aromatic rings. The predicted molar refractivity (Wildman–Crippen MR) is 143 cm³/mol. The minimum atomic E-state index is -0.316. The van der Waals surface area contributed by atoms with E-state index in [0.29, 0.717) is 6.54 Å². The van der Waals surface area contributed by atoms with Crippen LogP contribution in [0.2, 0.25) is 0 Å². The van der Waals surface area contributed by atoms with Crippen molar-refractivity contribution in [3.63, 3.8) is 0 Å². The molecule has 7 nitrogen and oxygen atoms in total. The summed E-state index contributed by atoms with van der Waals surface area (Å²) in [6, 6.07) is 20.2. The Labute approximate surface area is 213 Å². The highest BCUT2D eigenvalue weighted by molar-refractivity contribution is 7.25. The third-order valence-electron chi connectivity index (χ3n) is 7.07. The summed E-state index contributed by atoms with van der Waals surface area (Å²) in [7, 11) is 1.63. The molecule has 0 radical (unpaired) electrons. The standard InChI is InChI=1S/C28H27N3O4S/c1-34-24-7-4-6-23-22(24)17-35-28(33)31(23)19-11-13-30(14-12-19)16-27(32)29-18-9-10-26-21(15-18)20-5-2-3-8-25(20)36-26/h2-10,15,19H,11-14,16-17H2,1H3,(H,29,32). The van der Waals surface area contributed by atoms with Crippen LogP contribution in [0.4, 0.5) is 16.2 Å². The van der Waals surface area contributed by atoms with E-state index in [1.807, 2.05) is 36.4 Å². The predicted octanol–water partition coefficient (Wildman–Crippen LogP) is 5.62. The van der Waals surface area contributed by atoms with Crippen molar-refractivity contribution < 1.29 is 19.1 Å². The van der Waals surface area contributed by atoms with E-state index in [9.17, 15) is 9.59 Å². The van der Waals surface area contributed by atoms with Crippen LogP contribution in [0.5, 0.6) is 5.75 Å². The van der Waals surface area contributed by atoms with Crippen LogP contribution >= 0.6 is 11.3 Å². The number of cyclic esters (lactones) is 1. The molecule has 0 unspecified atom stereocenters. The molecular weight excluding hydrogens is 474 g/mol. The summed E-state index contributed by atoms with van der Waals surface area (Å²) in [6.07, 6.45) is 1.22. The Morgan fingerprint density at radius 3 is 2.69 bits per heavy atom. The number of rotatable bonds is 5. The molecule has 1 N–H and O–H groups in total. The highest BCUT2D eigenvalue weighted by Crippen LogP contribution is 2.37. The van der Waals surface area contributed by atoms with E-state index in [-0.39, 0.29) is 24.6 Å². The van der Waals surface area contributed by atoms with Gasteiger partial charge in [-0.05, 0) is 49.2 Å². The lowest BCUT2D eigenvalue weighted by Crippen LogP contribution is -2.50. The maximum absolute atomic E-state index is 12.8. The minimum Gasteiger partial charge on any atom is -0.496 e. The van der Waals surface area contributed by atoms with Crippen LogP contribution in [0, 0.1) is 0 Å². The summed E-state index contributed by atoms with van der Waals surface area (Å²) < 4.78 is 13.4. The van der Waals surface area contributed by atoms with E-state index < -0.39 is 0 Å². The molecule has 0 bridgehead atoms. The number of hydrogen-bond donors (Lipinski definition) is 1. The number of thiophene rings is 1. The zero-order valence-electron chi connectivity index (χ0n) is 20.0. The molecule has 8 heteroatoms. The highest BCUT2D eigenvalue weighted by atomic mass is 32.1. The number of carbonyl (C=O) groups is 2. The first-order valence-corrected chi connectivity index (χ1v) is 13.0. The summed E-state index contributed by atoms with van der Waals surface area (Å²) in [5.41, 5.74) is 2.57. The van der Waals surface area contributed by atoms with E-state index in [1.54, 1.807) is 23.3 Å². The molecule has 1 saturated heterocycles. The largest absolute Gasteiger partial charge is 0.496 e. The molecule has 3 aromatic carbocycles. The van der Waals surface area contributed by atoms with Crippen molar-refractivity contribution in [3.8, 4) is 5.75 Å². The van der Waals surface area contributed by atoms with Crippen LogP contribution in [0.3, 0.4) is 0 Å². The molecule has 184 valence electrons. The smallest absolute Gasteiger partial charge is 0.414 e. The van der Waals surface area contributed by atoms with Crippen LogP contribution in [-0.2, 0) is 16.1 Å². The zero-order valence-corrected chi connectivity index (χ0v) is 20.8. The first-order chi connectivity index (χ1) is 17.6. The number of nitrogens with zero attached hydrogens (tertiary/aromatic N) is 2. The Bertz CT molecular complexity index is 1460. The fraction of sp³-hybridized carbons (Fsp3) is 0.286. The number of fused-ring (bicyclic) bond motifs is 4. The average molecular weight is 502 g/mol. The second-order valence-electron chi connectivity index (χ2n) is 9.25. The average Bonchev–Trinajstić information content (AvgIpc) is 3.27. The van der Waals surface area contributed by atoms with Crippen molar-refractivity contribution in [2.45, 2.75) is 25.5 Å². The number of ether oxygens (including phenoxy) is 2. The van der Waals surface area contributed by atoms with Gasteiger partial charge in [-0.25, -0.2) is 4.79 Å². The zero-order chi connectivity index (χ0) is 24.6. The number of nitrogens with one attached hydrogen (secondary N) is 1. The van der Waals surface area contributed by atoms with Gasteiger partial charge in [0.2, 0.25) is 5.91 Å². The van der Waals surface area contributed by atoms with Gasteiger partial charge in [0.25, 0.3) is 0 Å². The maximum Gasteiger partial charge on any atom is 0.414 e. The third-order valence-corrected chi connectivity index (χ3v) is 8.23. The molecule has 0 spiro atoms. The van der Waals surface area contributed by atoms with Gasteiger partial charge in [-0.1, -0.05) is 24.3 Å². The number of methoxy groups -OCH3 is 1. The topological polar surface area (TPSA) is 71.1 Å². The van der Waals surface area contributed by atoms with Gasteiger partial charge >= 0.3 is 6.09 Å². The number of carbonyl (C=O) groups excluding carboxylic acids is 2. The SMILES string of the molecule is COc1cccc2c1COC(=O)N2C1CCN(CC(=O)Nc2ccc3sc4ccccc4c3c2)CC1. The van der Waals surface area contributed by atoms with Gasteiger partial charge in [0, 0.05) is 45.0 Å². The molecule has 2 aliphatic heterocycles. The second-order valence-corrected chi connectivity index (χ2v) is 10.3. The van der Waals surface area contributed by atoms with Crippen LogP contribution in [0.15, 0.2) is 60.7 Å². The van der Waals surface area contributed by atoms with E-state index in [1.165, 1.54) is 20.2 Å². The number of likely N-dealkylation sites (tertiary alicyclic amines) is 1. The lowest BCUT2D eigenvalue weighted by atomic mass is 10.0. The third kappa shape index (κ3) is 4.16. The Kier molecular flexibility index (Phi) is 5.99. The van der Waals surface area contributed by atoms with E-state index in [0.717, 1.165) is 48.6 Å². The van der Waals surface area contributed by atoms with Gasteiger partial charge in [-0.2, -0.15) is 0 Å². The van der Waals surface area contributed by atoms with Crippen molar-refractivity contribution in [1.82, 2.24) is 4.90 Å². The number of hydrogen-bond acceptors (Lipinski definition) is 6. The van der Waals surface area contributed by atoms with Crippen molar-refractivity contribution in [3.05, 3.63) is 66.2 Å². The van der Waals surface area contributed by atoms with Gasteiger partial charge in [0.05, 0.1) is 24.9 Å². The summed E-state index contributed by atoms with van der Waals surface area (Å²) in [5, 5.41) is 5.45. The number of anilines is 2. The Morgan fingerprint density at radius 1 is 1.06 bits per heavy atom. The van der Waals surface area contributed by atoms with Gasteiger partial charge in [0.15, 0.2) is 0 Å². The quantitative estimate of drug-likeness (QED) is 0.384. The molecule has 1 fully saturated rings. The van der Waals surface area contributed by atoms with Crippen molar-refractivity contribution in [2.75, 3.05) is 37.0 Å². The van der Waals surface area contributed by atoms with Crippen LogP contribution in [0.1, 0.15) is 18.4 Å². The monoisotopic (exact) mass is 501 g/mol. The molecule has 0 atom stereocenters. The number of amides is 2.